The monoisotopic (exact) mass is 309 g/mol. The molecule has 2 rings (SSSR count). The molecular weight excluding hydrogens is 297 g/mol. The number of benzene rings is 1. The van der Waals surface area contributed by atoms with Gasteiger partial charge in [0, 0.05) is 13.6 Å². The Bertz CT molecular complexity index is 688. The van der Waals surface area contributed by atoms with Crippen molar-refractivity contribution in [2.24, 2.45) is 0 Å². The summed E-state index contributed by atoms with van der Waals surface area (Å²) >= 11 is 1.49. The Morgan fingerprint density at radius 1 is 1.52 bits per heavy atom. The third-order valence-electron chi connectivity index (χ3n) is 2.90. The first-order valence-electron chi connectivity index (χ1n) is 5.90. The zero-order chi connectivity index (χ0) is 15.6. The maximum Gasteiger partial charge on any atom is 0.295 e. The van der Waals surface area contributed by atoms with Gasteiger partial charge in [0.05, 0.1) is 16.6 Å². The number of hydrogen-bond acceptors (Lipinski definition) is 5. The number of nitro groups is 1. The average molecular weight is 309 g/mol. The second-order valence-electron chi connectivity index (χ2n) is 4.44. The van der Waals surface area contributed by atoms with E-state index in [1.165, 1.54) is 23.3 Å². The summed E-state index contributed by atoms with van der Waals surface area (Å²) in [5.74, 6) is -1.44. The normalized spacial score (nSPS) is 10.4. The number of halogens is 1. The van der Waals surface area contributed by atoms with E-state index in [2.05, 4.69) is 0 Å². The van der Waals surface area contributed by atoms with Crippen molar-refractivity contribution in [3.05, 3.63) is 56.0 Å². The van der Waals surface area contributed by atoms with Gasteiger partial charge in [-0.15, -0.1) is 0 Å². The molecule has 110 valence electrons. The zero-order valence-electron chi connectivity index (χ0n) is 11.1. The predicted molar refractivity (Wildman–Crippen MR) is 77.6 cm³/mol. The largest absolute Gasteiger partial charge is 0.393 e. The number of rotatable bonds is 4. The highest BCUT2D eigenvalue weighted by Crippen LogP contribution is 2.27. The molecule has 0 unspecified atom stereocenters. The number of nitrogens with two attached hydrogens (primary N) is 1. The molecule has 0 atom stereocenters. The molecule has 2 aromatic rings. The molecular formula is C13H12FN3O3S. The molecule has 6 nitrogen and oxygen atoms in total. The molecule has 8 heteroatoms. The van der Waals surface area contributed by atoms with Crippen molar-refractivity contribution in [2.45, 2.75) is 6.54 Å². The topological polar surface area (TPSA) is 89.5 Å². The standard InChI is InChI=1S/C13H12FN3O3S/c1-16(6-8-2-3-21-7-8)13(18)10-4-9(14)5-11(12(10)15)17(19)20/h2-5,7H,6,15H2,1H3. The van der Waals surface area contributed by atoms with Gasteiger partial charge in [0.15, 0.2) is 0 Å². The van der Waals surface area contributed by atoms with E-state index in [-0.39, 0.29) is 11.3 Å². The summed E-state index contributed by atoms with van der Waals surface area (Å²) in [5.41, 5.74) is 5.38. The average Bonchev–Trinajstić information content (AvgIpc) is 2.92. The Kier molecular flexibility index (Phi) is 4.18. The highest BCUT2D eigenvalue weighted by molar-refractivity contribution is 7.07. The summed E-state index contributed by atoms with van der Waals surface area (Å²) in [7, 11) is 1.52. The zero-order valence-corrected chi connectivity index (χ0v) is 11.9. The fourth-order valence-corrected chi connectivity index (χ4v) is 2.53. The lowest BCUT2D eigenvalue weighted by molar-refractivity contribution is -0.384. The van der Waals surface area contributed by atoms with E-state index in [0.29, 0.717) is 12.6 Å². The maximum absolute atomic E-state index is 13.4. The third-order valence-corrected chi connectivity index (χ3v) is 3.63. The van der Waals surface area contributed by atoms with Gasteiger partial charge in [-0.3, -0.25) is 14.9 Å². The Morgan fingerprint density at radius 3 is 2.81 bits per heavy atom. The van der Waals surface area contributed by atoms with Crippen molar-refractivity contribution in [2.75, 3.05) is 12.8 Å². The smallest absolute Gasteiger partial charge is 0.295 e. The number of hydrogen-bond donors (Lipinski definition) is 1. The van der Waals surface area contributed by atoms with E-state index < -0.39 is 22.3 Å². The fraction of sp³-hybridized carbons (Fsp3) is 0.154. The molecule has 2 N–H and O–H groups in total. The number of anilines is 1. The van der Waals surface area contributed by atoms with E-state index >= 15 is 0 Å². The van der Waals surface area contributed by atoms with E-state index in [9.17, 15) is 19.3 Å². The number of carbonyl (C=O) groups excluding carboxylic acids is 1. The number of carbonyl (C=O) groups is 1. The first-order chi connectivity index (χ1) is 9.90. The summed E-state index contributed by atoms with van der Waals surface area (Å²) < 4.78 is 13.4. The maximum atomic E-state index is 13.4. The second-order valence-corrected chi connectivity index (χ2v) is 5.22. The Balaban J connectivity index is 2.32. The summed E-state index contributed by atoms with van der Waals surface area (Å²) in [6, 6.07) is 3.46. The molecule has 1 heterocycles. The van der Waals surface area contributed by atoms with Crippen LogP contribution in [0.2, 0.25) is 0 Å². The van der Waals surface area contributed by atoms with Crippen molar-refractivity contribution in [1.29, 1.82) is 0 Å². The van der Waals surface area contributed by atoms with Gasteiger partial charge in [0.2, 0.25) is 0 Å². The quantitative estimate of drug-likeness (QED) is 0.534. The molecule has 0 aliphatic rings. The van der Waals surface area contributed by atoms with Gasteiger partial charge in [-0.05, 0) is 28.5 Å². The minimum Gasteiger partial charge on any atom is -0.393 e. The van der Waals surface area contributed by atoms with E-state index in [1.807, 2.05) is 16.8 Å². The van der Waals surface area contributed by atoms with Gasteiger partial charge >= 0.3 is 0 Å². The van der Waals surface area contributed by atoms with E-state index in [1.54, 1.807) is 0 Å². The van der Waals surface area contributed by atoms with E-state index in [0.717, 1.165) is 11.6 Å². The molecule has 0 spiro atoms. The summed E-state index contributed by atoms with van der Waals surface area (Å²) in [6.07, 6.45) is 0. The molecule has 0 saturated carbocycles. The molecule has 1 aromatic heterocycles. The van der Waals surface area contributed by atoms with Gasteiger partial charge in [-0.2, -0.15) is 11.3 Å². The van der Waals surface area contributed by atoms with Crippen molar-refractivity contribution in [3.63, 3.8) is 0 Å². The van der Waals surface area contributed by atoms with Crippen LogP contribution in [0.15, 0.2) is 29.0 Å². The van der Waals surface area contributed by atoms with Crippen LogP contribution in [0.1, 0.15) is 15.9 Å². The lowest BCUT2D eigenvalue weighted by atomic mass is 10.1. The van der Waals surface area contributed by atoms with Gasteiger partial charge in [-0.1, -0.05) is 0 Å². The Hall–Kier alpha value is -2.48. The molecule has 1 amide bonds. The number of amides is 1. The van der Waals surface area contributed by atoms with Gasteiger partial charge < -0.3 is 10.6 Å². The number of nitro benzene ring substituents is 1. The summed E-state index contributed by atoms with van der Waals surface area (Å²) in [5, 5.41) is 14.6. The van der Waals surface area contributed by atoms with Crippen LogP contribution in [0.5, 0.6) is 0 Å². The van der Waals surface area contributed by atoms with Crippen LogP contribution in [0.3, 0.4) is 0 Å². The first-order valence-corrected chi connectivity index (χ1v) is 6.84. The van der Waals surface area contributed by atoms with Gasteiger partial charge in [0.25, 0.3) is 11.6 Å². The lowest BCUT2D eigenvalue weighted by Gasteiger charge is -2.17. The van der Waals surface area contributed by atoms with Crippen molar-refractivity contribution < 1.29 is 14.1 Å². The van der Waals surface area contributed by atoms with Crippen molar-refractivity contribution in [1.82, 2.24) is 4.90 Å². The molecule has 0 fully saturated rings. The van der Waals surface area contributed by atoms with Crippen LogP contribution < -0.4 is 5.73 Å². The Morgan fingerprint density at radius 2 is 2.24 bits per heavy atom. The van der Waals surface area contributed by atoms with Gasteiger partial charge in [0.1, 0.15) is 11.5 Å². The SMILES string of the molecule is CN(Cc1ccsc1)C(=O)c1cc(F)cc([N+](=O)[O-])c1N. The highest BCUT2D eigenvalue weighted by Gasteiger charge is 2.23. The van der Waals surface area contributed by atoms with Crippen molar-refractivity contribution in [3.8, 4) is 0 Å². The number of nitrogens with zero attached hydrogens (tertiary/aromatic N) is 2. The third kappa shape index (κ3) is 3.16. The summed E-state index contributed by atoms with van der Waals surface area (Å²) in [6.45, 7) is 0.312. The highest BCUT2D eigenvalue weighted by atomic mass is 32.1. The molecule has 0 aliphatic heterocycles. The molecule has 1 aromatic carbocycles. The summed E-state index contributed by atoms with van der Waals surface area (Å²) in [4.78, 5) is 23.6. The van der Waals surface area contributed by atoms with Gasteiger partial charge in [-0.25, -0.2) is 4.39 Å². The second kappa shape index (κ2) is 5.88. The van der Waals surface area contributed by atoms with Crippen LogP contribution >= 0.6 is 11.3 Å². The number of nitrogen functional groups attached to an aromatic ring is 1. The predicted octanol–water partition coefficient (Wildman–Crippen LogP) is 2.65. The number of thiophene rings is 1. The first kappa shape index (κ1) is 14.9. The lowest BCUT2D eigenvalue weighted by Crippen LogP contribution is -2.27. The minimum absolute atomic E-state index is 0.209. The van der Waals surface area contributed by atoms with Crippen LogP contribution in [0.4, 0.5) is 15.8 Å². The molecule has 21 heavy (non-hydrogen) atoms. The van der Waals surface area contributed by atoms with Crippen LogP contribution in [0.25, 0.3) is 0 Å². The minimum atomic E-state index is -0.872. The molecule has 0 saturated heterocycles. The van der Waals surface area contributed by atoms with Crippen molar-refractivity contribution >= 4 is 28.6 Å². The Labute approximate surface area is 123 Å². The molecule has 0 bridgehead atoms. The molecule has 0 aliphatic carbocycles. The fourth-order valence-electron chi connectivity index (χ4n) is 1.87. The van der Waals surface area contributed by atoms with E-state index in [4.69, 9.17) is 5.73 Å². The van der Waals surface area contributed by atoms with Crippen LogP contribution in [-0.2, 0) is 6.54 Å². The van der Waals surface area contributed by atoms with Crippen LogP contribution in [-0.4, -0.2) is 22.8 Å². The molecule has 0 radical (unpaired) electrons. The van der Waals surface area contributed by atoms with Crippen LogP contribution in [0, 0.1) is 15.9 Å².